The molecule has 2 aromatic heterocycles. The minimum absolute atomic E-state index is 0.0465. The number of carbonyl (C=O) groups is 1. The van der Waals surface area contributed by atoms with Crippen LogP contribution in [-0.4, -0.2) is 38.4 Å². The van der Waals surface area contributed by atoms with E-state index in [0.717, 1.165) is 6.07 Å². The van der Waals surface area contributed by atoms with E-state index in [1.54, 1.807) is 39.2 Å². The third kappa shape index (κ3) is 4.12. The molecular weight excluding hydrogens is 457 g/mol. The van der Waals surface area contributed by atoms with E-state index in [1.165, 1.54) is 17.0 Å². The molecule has 1 saturated carbocycles. The summed E-state index contributed by atoms with van der Waals surface area (Å²) in [4.78, 5) is 22.8. The smallest absolute Gasteiger partial charge is 0.362 e. The van der Waals surface area contributed by atoms with Crippen LogP contribution in [0.2, 0.25) is 0 Å². The molecule has 0 spiro atoms. The molecule has 0 aliphatic heterocycles. The van der Waals surface area contributed by atoms with Crippen LogP contribution in [0.1, 0.15) is 29.7 Å². The molecule has 1 aliphatic rings. The highest BCUT2D eigenvalue weighted by Gasteiger charge is 2.55. The van der Waals surface area contributed by atoms with Crippen molar-refractivity contribution in [2.45, 2.75) is 36.3 Å². The molecule has 0 atom stereocenters. The summed E-state index contributed by atoms with van der Waals surface area (Å²) < 4.78 is 68.3. The number of aryl methyl sites for hydroxylation is 1. The minimum atomic E-state index is -4.65. The molecule has 1 aromatic carbocycles. The normalized spacial score (nSPS) is 15.3. The van der Waals surface area contributed by atoms with E-state index in [9.17, 15) is 26.4 Å². The van der Waals surface area contributed by atoms with Crippen molar-refractivity contribution in [3.63, 3.8) is 0 Å². The lowest BCUT2D eigenvalue weighted by atomic mass is 9.94. The zero-order valence-corrected chi connectivity index (χ0v) is 18.9. The molecule has 4 rings (SSSR count). The van der Waals surface area contributed by atoms with Gasteiger partial charge in [0.05, 0.1) is 21.4 Å². The fraction of sp³-hybridized carbons (Fsp3) is 0.318. The standard InChI is InChI=1S/C22H21F3N4O3S/c1-13-7-8-15-17(27-13)5-4-6-18(15)33(31,32)28-20(30)21(9-10-21)16-11-14(22(23,24)25)12-26-19(16)29(2)3/h4-8,11-12H,9-10H2,1-3H3,(H,28,30). The van der Waals surface area contributed by atoms with E-state index in [1.807, 2.05) is 0 Å². The Balaban J connectivity index is 1.74. The highest BCUT2D eigenvalue weighted by molar-refractivity contribution is 7.90. The van der Waals surface area contributed by atoms with Crippen LogP contribution in [-0.2, 0) is 26.4 Å². The molecule has 0 bridgehead atoms. The number of anilines is 1. The Morgan fingerprint density at radius 3 is 2.45 bits per heavy atom. The van der Waals surface area contributed by atoms with E-state index >= 15 is 0 Å². The number of rotatable bonds is 5. The maximum Gasteiger partial charge on any atom is 0.417 e. The SMILES string of the molecule is Cc1ccc2c(S(=O)(=O)NC(=O)C3(c4cc(C(F)(F)F)cnc4N(C)C)CC3)cccc2n1. The van der Waals surface area contributed by atoms with Gasteiger partial charge >= 0.3 is 6.18 Å². The molecule has 1 amide bonds. The van der Waals surface area contributed by atoms with Crippen LogP contribution in [0.5, 0.6) is 0 Å². The predicted molar refractivity (Wildman–Crippen MR) is 116 cm³/mol. The number of nitrogens with zero attached hydrogens (tertiary/aromatic N) is 3. The fourth-order valence-corrected chi connectivity index (χ4v) is 5.07. The quantitative estimate of drug-likeness (QED) is 0.603. The number of hydrogen-bond acceptors (Lipinski definition) is 6. The van der Waals surface area contributed by atoms with Crippen molar-refractivity contribution in [2.75, 3.05) is 19.0 Å². The van der Waals surface area contributed by atoms with Crippen LogP contribution >= 0.6 is 0 Å². The molecule has 174 valence electrons. The van der Waals surface area contributed by atoms with E-state index in [4.69, 9.17) is 0 Å². The highest BCUT2D eigenvalue weighted by Crippen LogP contribution is 2.52. The second-order valence-corrected chi connectivity index (χ2v) is 9.93. The third-order valence-electron chi connectivity index (χ3n) is 5.67. The second-order valence-electron chi connectivity index (χ2n) is 8.28. The molecule has 0 radical (unpaired) electrons. The molecule has 1 fully saturated rings. The number of carbonyl (C=O) groups excluding carboxylic acids is 1. The molecule has 0 saturated heterocycles. The lowest BCUT2D eigenvalue weighted by Gasteiger charge is -2.23. The summed E-state index contributed by atoms with van der Waals surface area (Å²) in [6.07, 6.45) is -3.54. The molecule has 3 aromatic rings. The van der Waals surface area contributed by atoms with Crippen molar-refractivity contribution in [1.29, 1.82) is 0 Å². The Hall–Kier alpha value is -3.21. The molecule has 0 unspecified atom stereocenters. The first-order chi connectivity index (χ1) is 15.3. The van der Waals surface area contributed by atoms with Crippen LogP contribution in [0.25, 0.3) is 10.9 Å². The lowest BCUT2D eigenvalue weighted by Crippen LogP contribution is -2.39. The Morgan fingerprint density at radius 2 is 1.85 bits per heavy atom. The monoisotopic (exact) mass is 478 g/mol. The van der Waals surface area contributed by atoms with E-state index in [0.29, 0.717) is 22.8 Å². The van der Waals surface area contributed by atoms with Gasteiger partial charge in [-0.3, -0.25) is 9.78 Å². The van der Waals surface area contributed by atoms with Gasteiger partial charge in [0.25, 0.3) is 10.0 Å². The zero-order valence-electron chi connectivity index (χ0n) is 18.1. The number of aromatic nitrogens is 2. The number of amides is 1. The number of fused-ring (bicyclic) bond motifs is 1. The molecule has 33 heavy (non-hydrogen) atoms. The number of alkyl halides is 3. The van der Waals surface area contributed by atoms with Gasteiger partial charge in [-0.1, -0.05) is 6.07 Å². The van der Waals surface area contributed by atoms with Crippen LogP contribution in [0.4, 0.5) is 19.0 Å². The van der Waals surface area contributed by atoms with Gasteiger partial charge < -0.3 is 4.90 Å². The van der Waals surface area contributed by atoms with E-state index in [-0.39, 0.29) is 29.1 Å². The van der Waals surface area contributed by atoms with Crippen LogP contribution in [0, 0.1) is 6.92 Å². The number of pyridine rings is 2. The van der Waals surface area contributed by atoms with Gasteiger partial charge in [0.2, 0.25) is 5.91 Å². The first kappa shape index (κ1) is 23.0. The zero-order chi connectivity index (χ0) is 24.2. The number of hydrogen-bond donors (Lipinski definition) is 1. The number of halogens is 3. The number of nitrogens with one attached hydrogen (secondary N) is 1. The van der Waals surface area contributed by atoms with Gasteiger partial charge in [-0.15, -0.1) is 0 Å². The topological polar surface area (TPSA) is 92.3 Å². The highest BCUT2D eigenvalue weighted by atomic mass is 32.2. The summed E-state index contributed by atoms with van der Waals surface area (Å²) in [6, 6.07) is 8.66. The Bertz CT molecular complexity index is 1370. The van der Waals surface area contributed by atoms with Crippen molar-refractivity contribution in [2.24, 2.45) is 0 Å². The molecule has 1 aliphatic carbocycles. The molecule has 11 heteroatoms. The van der Waals surface area contributed by atoms with E-state index < -0.39 is 33.1 Å². The summed E-state index contributed by atoms with van der Waals surface area (Å²) >= 11 is 0. The minimum Gasteiger partial charge on any atom is -0.362 e. The summed E-state index contributed by atoms with van der Waals surface area (Å²) in [7, 11) is -1.13. The predicted octanol–water partition coefficient (Wildman–Crippen LogP) is 3.56. The first-order valence-electron chi connectivity index (χ1n) is 10.0. The van der Waals surface area contributed by atoms with Crippen molar-refractivity contribution in [3.8, 4) is 0 Å². The lowest BCUT2D eigenvalue weighted by molar-refractivity contribution is -0.138. The van der Waals surface area contributed by atoms with E-state index in [2.05, 4.69) is 14.7 Å². The van der Waals surface area contributed by atoms with Crippen LogP contribution in [0.3, 0.4) is 0 Å². The molecule has 1 N–H and O–H groups in total. The second kappa shape index (κ2) is 7.68. The Labute approximate surface area is 188 Å². The largest absolute Gasteiger partial charge is 0.417 e. The first-order valence-corrected chi connectivity index (χ1v) is 11.5. The Morgan fingerprint density at radius 1 is 1.15 bits per heavy atom. The summed E-state index contributed by atoms with van der Waals surface area (Å²) in [5.41, 5.74) is -1.22. The van der Waals surface area contributed by atoms with Crippen LogP contribution in [0.15, 0.2) is 47.5 Å². The van der Waals surface area contributed by atoms with Gasteiger partial charge in [-0.25, -0.2) is 18.1 Å². The van der Waals surface area contributed by atoms with Gasteiger partial charge in [-0.05, 0) is 50.1 Å². The average Bonchev–Trinajstić information content (AvgIpc) is 3.53. The molecule has 7 nitrogen and oxygen atoms in total. The number of benzene rings is 1. The van der Waals surface area contributed by atoms with Crippen molar-refractivity contribution < 1.29 is 26.4 Å². The van der Waals surface area contributed by atoms with Crippen LogP contribution < -0.4 is 9.62 Å². The average molecular weight is 478 g/mol. The Kier molecular flexibility index (Phi) is 5.35. The van der Waals surface area contributed by atoms with Crippen molar-refractivity contribution in [3.05, 3.63) is 59.4 Å². The van der Waals surface area contributed by atoms with Crippen molar-refractivity contribution in [1.82, 2.24) is 14.7 Å². The van der Waals surface area contributed by atoms with Crippen molar-refractivity contribution >= 4 is 32.7 Å². The summed E-state index contributed by atoms with van der Waals surface area (Å²) in [5, 5.41) is 0.336. The fourth-order valence-electron chi connectivity index (χ4n) is 3.80. The summed E-state index contributed by atoms with van der Waals surface area (Å²) in [5.74, 6) is -0.707. The maximum absolute atomic E-state index is 13.3. The molecule has 2 heterocycles. The third-order valence-corrected chi connectivity index (χ3v) is 7.05. The van der Waals surface area contributed by atoms with Gasteiger partial charge in [0, 0.05) is 36.9 Å². The maximum atomic E-state index is 13.3. The number of sulfonamides is 1. The van der Waals surface area contributed by atoms with Gasteiger partial charge in [-0.2, -0.15) is 13.2 Å². The van der Waals surface area contributed by atoms with Gasteiger partial charge in [0.15, 0.2) is 0 Å². The summed E-state index contributed by atoms with van der Waals surface area (Å²) in [6.45, 7) is 1.77. The molecular formula is C22H21F3N4O3S. The van der Waals surface area contributed by atoms with Gasteiger partial charge in [0.1, 0.15) is 5.82 Å².